The van der Waals surface area contributed by atoms with Crippen LogP contribution >= 0.6 is 0 Å². The number of carbonyl (C=O) groups is 1. The lowest BCUT2D eigenvalue weighted by molar-refractivity contribution is -0.222. The molecular formula is C19H28O5. The average molecular weight is 336 g/mol. The van der Waals surface area contributed by atoms with Gasteiger partial charge < -0.3 is 19.3 Å². The Morgan fingerprint density at radius 1 is 1.33 bits per heavy atom. The molecule has 5 heteroatoms. The van der Waals surface area contributed by atoms with Gasteiger partial charge in [0.05, 0.1) is 35.4 Å². The molecule has 0 spiro atoms. The molecule has 0 radical (unpaired) electrons. The number of rotatable bonds is 1. The fourth-order valence-electron chi connectivity index (χ4n) is 5.83. The second-order valence-electron chi connectivity index (χ2n) is 9.36. The van der Waals surface area contributed by atoms with Crippen molar-refractivity contribution in [2.45, 2.75) is 83.1 Å². The van der Waals surface area contributed by atoms with Gasteiger partial charge in [-0.25, -0.2) is 4.79 Å². The SMILES string of the molecule is C=C1C(=O)OC2C1C(OC(C)(C)C)C1C3(C)CCC(O3)C1(C)C2O. The molecule has 4 fully saturated rings. The van der Waals surface area contributed by atoms with E-state index in [-0.39, 0.29) is 35.2 Å². The van der Waals surface area contributed by atoms with Crippen molar-refractivity contribution >= 4 is 5.97 Å². The van der Waals surface area contributed by atoms with E-state index in [0.717, 1.165) is 12.8 Å². The number of hydrogen-bond acceptors (Lipinski definition) is 5. The van der Waals surface area contributed by atoms with Crippen molar-refractivity contribution in [1.29, 1.82) is 0 Å². The Bertz CT molecular complexity index is 607. The van der Waals surface area contributed by atoms with Crippen molar-refractivity contribution in [1.82, 2.24) is 0 Å². The quantitative estimate of drug-likeness (QED) is 0.587. The van der Waals surface area contributed by atoms with Gasteiger partial charge in [0.15, 0.2) is 0 Å². The molecule has 3 heterocycles. The maximum Gasteiger partial charge on any atom is 0.334 e. The van der Waals surface area contributed by atoms with Crippen molar-refractivity contribution < 1.29 is 24.1 Å². The van der Waals surface area contributed by atoms with Crippen molar-refractivity contribution in [2.24, 2.45) is 17.3 Å². The maximum atomic E-state index is 12.2. The zero-order valence-electron chi connectivity index (χ0n) is 15.2. The fourth-order valence-corrected chi connectivity index (χ4v) is 5.83. The fraction of sp³-hybridized carbons (Fsp3) is 0.842. The first-order valence-electron chi connectivity index (χ1n) is 8.92. The van der Waals surface area contributed by atoms with Crippen LogP contribution < -0.4 is 0 Å². The van der Waals surface area contributed by atoms with Gasteiger partial charge in [-0.2, -0.15) is 0 Å². The molecule has 4 rings (SSSR count). The first kappa shape index (κ1) is 16.6. The average Bonchev–Trinajstić information content (AvgIpc) is 3.04. The van der Waals surface area contributed by atoms with E-state index < -0.39 is 23.6 Å². The summed E-state index contributed by atoms with van der Waals surface area (Å²) in [5.74, 6) is -0.719. The van der Waals surface area contributed by atoms with Crippen LogP contribution in [0.3, 0.4) is 0 Å². The number of fused-ring (bicyclic) bond motifs is 6. The normalized spacial score (nSPS) is 53.1. The van der Waals surface area contributed by atoms with Crippen LogP contribution in [0.25, 0.3) is 0 Å². The highest BCUT2D eigenvalue weighted by Gasteiger charge is 2.75. The van der Waals surface area contributed by atoms with Crippen LogP contribution in [0.5, 0.6) is 0 Å². The zero-order valence-corrected chi connectivity index (χ0v) is 15.2. The standard InChI is InChI=1S/C19H28O5/c1-9-11-12(24-17(2,3)4)14-18(5)8-7-10(23-18)19(14,6)15(20)13(11)22-16(9)21/h10-15,20H,1,7-8H2,2-6H3. The Kier molecular flexibility index (Phi) is 3.19. The second kappa shape index (κ2) is 4.63. The van der Waals surface area contributed by atoms with Crippen LogP contribution in [0.15, 0.2) is 12.2 Å². The van der Waals surface area contributed by atoms with E-state index in [2.05, 4.69) is 20.4 Å². The minimum Gasteiger partial charge on any atom is -0.455 e. The molecule has 4 aliphatic rings. The molecule has 0 aromatic carbocycles. The first-order chi connectivity index (χ1) is 11.0. The number of ether oxygens (including phenoxy) is 3. The molecule has 0 aromatic heterocycles. The Morgan fingerprint density at radius 3 is 2.62 bits per heavy atom. The Hall–Kier alpha value is -0.910. The third-order valence-electron chi connectivity index (χ3n) is 6.72. The number of aliphatic hydroxyl groups is 1. The summed E-state index contributed by atoms with van der Waals surface area (Å²) in [4.78, 5) is 12.2. The molecule has 8 unspecified atom stereocenters. The third kappa shape index (κ3) is 1.89. The topological polar surface area (TPSA) is 65.0 Å². The predicted octanol–water partition coefficient (Wildman–Crippen LogP) is 2.22. The zero-order chi connectivity index (χ0) is 17.7. The highest BCUT2D eigenvalue weighted by Crippen LogP contribution is 2.66. The van der Waals surface area contributed by atoms with Crippen LogP contribution in [0, 0.1) is 17.3 Å². The van der Waals surface area contributed by atoms with Gasteiger partial charge >= 0.3 is 5.97 Å². The lowest BCUT2D eigenvalue weighted by atomic mass is 9.51. The summed E-state index contributed by atoms with van der Waals surface area (Å²) in [6, 6.07) is 0. The summed E-state index contributed by atoms with van der Waals surface area (Å²) in [7, 11) is 0. The number of carbonyl (C=O) groups excluding carboxylic acids is 1. The van der Waals surface area contributed by atoms with Gasteiger partial charge in [0.1, 0.15) is 6.10 Å². The molecule has 1 N–H and O–H groups in total. The summed E-state index contributed by atoms with van der Waals surface area (Å²) in [6.07, 6.45) is 0.245. The molecule has 1 aliphatic carbocycles. The summed E-state index contributed by atoms with van der Waals surface area (Å²) in [5, 5.41) is 11.1. The van der Waals surface area contributed by atoms with E-state index in [1.807, 2.05) is 20.8 Å². The lowest BCUT2D eigenvalue weighted by Gasteiger charge is -2.55. The molecule has 0 aromatic rings. The predicted molar refractivity (Wildman–Crippen MR) is 87.3 cm³/mol. The monoisotopic (exact) mass is 336 g/mol. The molecule has 24 heavy (non-hydrogen) atoms. The number of esters is 1. The van der Waals surface area contributed by atoms with Gasteiger partial charge in [-0.15, -0.1) is 0 Å². The molecule has 2 bridgehead atoms. The number of aliphatic hydroxyl groups excluding tert-OH is 1. The number of hydrogen-bond donors (Lipinski definition) is 1. The van der Waals surface area contributed by atoms with Gasteiger partial charge in [0.25, 0.3) is 0 Å². The van der Waals surface area contributed by atoms with Crippen molar-refractivity contribution in [3.8, 4) is 0 Å². The van der Waals surface area contributed by atoms with E-state index in [1.165, 1.54) is 0 Å². The molecule has 3 aliphatic heterocycles. The van der Waals surface area contributed by atoms with E-state index in [4.69, 9.17) is 14.2 Å². The molecule has 5 nitrogen and oxygen atoms in total. The van der Waals surface area contributed by atoms with Crippen LogP contribution in [0.4, 0.5) is 0 Å². The van der Waals surface area contributed by atoms with Crippen molar-refractivity contribution in [3.05, 3.63) is 12.2 Å². The lowest BCUT2D eigenvalue weighted by Crippen LogP contribution is -2.66. The second-order valence-corrected chi connectivity index (χ2v) is 9.36. The largest absolute Gasteiger partial charge is 0.455 e. The molecule has 8 atom stereocenters. The summed E-state index contributed by atoms with van der Waals surface area (Å²) in [5.41, 5.74) is -0.772. The van der Waals surface area contributed by atoms with Crippen molar-refractivity contribution in [2.75, 3.05) is 0 Å². The summed E-state index contributed by atoms with van der Waals surface area (Å²) in [6.45, 7) is 14.2. The van der Waals surface area contributed by atoms with Gasteiger partial charge in [-0.3, -0.25) is 0 Å². The minimum atomic E-state index is -0.761. The molecule has 1 saturated carbocycles. The van der Waals surface area contributed by atoms with E-state index in [0.29, 0.717) is 5.57 Å². The highest BCUT2D eigenvalue weighted by atomic mass is 16.6. The smallest absolute Gasteiger partial charge is 0.334 e. The molecule has 0 amide bonds. The molecular weight excluding hydrogens is 308 g/mol. The van der Waals surface area contributed by atoms with E-state index in [9.17, 15) is 9.90 Å². The van der Waals surface area contributed by atoms with E-state index in [1.54, 1.807) is 0 Å². The van der Waals surface area contributed by atoms with Crippen molar-refractivity contribution in [3.63, 3.8) is 0 Å². The summed E-state index contributed by atoms with van der Waals surface area (Å²) < 4.78 is 18.3. The summed E-state index contributed by atoms with van der Waals surface area (Å²) >= 11 is 0. The minimum absolute atomic E-state index is 0.00507. The Morgan fingerprint density at radius 2 is 2.00 bits per heavy atom. The van der Waals surface area contributed by atoms with Crippen LogP contribution in [0.1, 0.15) is 47.5 Å². The van der Waals surface area contributed by atoms with E-state index >= 15 is 0 Å². The van der Waals surface area contributed by atoms with Gasteiger partial charge in [0.2, 0.25) is 0 Å². The Labute approximate surface area is 143 Å². The van der Waals surface area contributed by atoms with Crippen LogP contribution in [-0.2, 0) is 19.0 Å². The third-order valence-corrected chi connectivity index (χ3v) is 6.72. The van der Waals surface area contributed by atoms with Gasteiger partial charge in [-0.05, 0) is 40.5 Å². The Balaban J connectivity index is 1.84. The van der Waals surface area contributed by atoms with Crippen LogP contribution in [-0.4, -0.2) is 46.7 Å². The molecule has 134 valence electrons. The molecule has 3 saturated heterocycles. The highest BCUT2D eigenvalue weighted by molar-refractivity contribution is 5.91. The van der Waals surface area contributed by atoms with Gasteiger partial charge in [-0.1, -0.05) is 13.5 Å². The first-order valence-corrected chi connectivity index (χ1v) is 8.92. The maximum absolute atomic E-state index is 12.2. The van der Waals surface area contributed by atoms with Crippen LogP contribution in [0.2, 0.25) is 0 Å². The van der Waals surface area contributed by atoms with Gasteiger partial charge in [0, 0.05) is 16.9 Å².